The zero-order valence-corrected chi connectivity index (χ0v) is 12.0. The number of furan rings is 1. The third-order valence-electron chi connectivity index (χ3n) is 4.16. The highest BCUT2D eigenvalue weighted by Crippen LogP contribution is 2.31. The lowest BCUT2D eigenvalue weighted by Gasteiger charge is -2.16. The predicted octanol–water partition coefficient (Wildman–Crippen LogP) is 2.42. The van der Waals surface area contributed by atoms with Crippen LogP contribution >= 0.6 is 0 Å². The van der Waals surface area contributed by atoms with Crippen LogP contribution in [0.4, 0.5) is 0 Å². The maximum Gasteiger partial charge on any atom is 0.152 e. The van der Waals surface area contributed by atoms with E-state index >= 15 is 0 Å². The van der Waals surface area contributed by atoms with E-state index in [0.29, 0.717) is 6.54 Å². The molecule has 1 aliphatic rings. The summed E-state index contributed by atoms with van der Waals surface area (Å²) in [6, 6.07) is 13.8. The van der Waals surface area contributed by atoms with Crippen molar-refractivity contribution in [2.45, 2.75) is 25.1 Å². The van der Waals surface area contributed by atoms with Crippen molar-refractivity contribution in [1.29, 1.82) is 0 Å². The number of hydrogen-bond acceptors (Lipinski definition) is 4. The molecule has 1 aromatic carbocycles. The molecule has 4 rings (SSSR count). The molecule has 0 saturated heterocycles. The van der Waals surface area contributed by atoms with Gasteiger partial charge in [-0.1, -0.05) is 24.3 Å². The molecule has 1 aliphatic carbocycles. The van der Waals surface area contributed by atoms with Crippen molar-refractivity contribution in [1.82, 2.24) is 15.5 Å². The molecular weight excluding hydrogens is 278 g/mol. The zero-order valence-electron chi connectivity index (χ0n) is 12.0. The highest BCUT2D eigenvalue weighted by Gasteiger charge is 2.30. The number of rotatable bonds is 4. The van der Waals surface area contributed by atoms with E-state index in [1.807, 2.05) is 36.4 Å². The Labute approximate surface area is 128 Å². The predicted molar refractivity (Wildman–Crippen MR) is 82.0 cm³/mol. The summed E-state index contributed by atoms with van der Waals surface area (Å²) >= 11 is 0. The van der Waals surface area contributed by atoms with Gasteiger partial charge in [-0.15, -0.1) is 0 Å². The Hall–Kier alpha value is -2.37. The molecule has 0 spiro atoms. The SMILES string of the molecule is O[C@@H]1c2ccccc2C[C@@H]1NCc1ccc(-c2ccn[nH]2)o1. The number of aromatic amines is 1. The van der Waals surface area contributed by atoms with E-state index in [0.717, 1.165) is 29.2 Å². The molecule has 5 nitrogen and oxygen atoms in total. The number of nitrogens with one attached hydrogen (secondary N) is 2. The fraction of sp³-hybridized carbons (Fsp3) is 0.235. The molecule has 2 heterocycles. The second kappa shape index (κ2) is 5.44. The van der Waals surface area contributed by atoms with Crippen molar-refractivity contribution < 1.29 is 9.52 Å². The first-order valence-corrected chi connectivity index (χ1v) is 7.39. The second-order valence-corrected chi connectivity index (χ2v) is 5.57. The number of H-pyrrole nitrogens is 1. The Kier molecular flexibility index (Phi) is 3.29. The van der Waals surface area contributed by atoms with Gasteiger partial charge in [0.25, 0.3) is 0 Å². The first-order valence-electron chi connectivity index (χ1n) is 7.39. The minimum absolute atomic E-state index is 0.0260. The smallest absolute Gasteiger partial charge is 0.152 e. The first kappa shape index (κ1) is 13.3. The van der Waals surface area contributed by atoms with Gasteiger partial charge in [0.05, 0.1) is 12.6 Å². The summed E-state index contributed by atoms with van der Waals surface area (Å²) in [6.07, 6.45) is 2.08. The van der Waals surface area contributed by atoms with Crippen molar-refractivity contribution in [2.75, 3.05) is 0 Å². The van der Waals surface area contributed by atoms with E-state index in [4.69, 9.17) is 4.42 Å². The highest BCUT2D eigenvalue weighted by molar-refractivity contribution is 5.51. The van der Waals surface area contributed by atoms with Crippen LogP contribution in [0.5, 0.6) is 0 Å². The molecule has 5 heteroatoms. The van der Waals surface area contributed by atoms with Gasteiger partial charge in [-0.2, -0.15) is 5.10 Å². The standard InChI is InChI=1S/C17H17N3O2/c21-17-13-4-2-1-3-11(13)9-15(17)18-10-12-5-6-16(22-12)14-7-8-19-20-14/h1-8,15,17-18,21H,9-10H2,(H,19,20)/t15-,17+/m0/s1. The molecule has 0 saturated carbocycles. The zero-order chi connectivity index (χ0) is 14.9. The van der Waals surface area contributed by atoms with Crippen LogP contribution in [0.15, 0.2) is 53.1 Å². The van der Waals surface area contributed by atoms with Crippen LogP contribution in [0.2, 0.25) is 0 Å². The summed E-state index contributed by atoms with van der Waals surface area (Å²) in [4.78, 5) is 0. The Bertz CT molecular complexity index is 764. The van der Waals surface area contributed by atoms with Crippen molar-refractivity contribution >= 4 is 0 Å². The van der Waals surface area contributed by atoms with Crippen molar-refractivity contribution in [3.05, 3.63) is 65.5 Å². The summed E-state index contributed by atoms with van der Waals surface area (Å²) in [5.41, 5.74) is 3.10. The van der Waals surface area contributed by atoms with Gasteiger partial charge in [-0.25, -0.2) is 0 Å². The van der Waals surface area contributed by atoms with Gasteiger partial charge >= 0.3 is 0 Å². The van der Waals surface area contributed by atoms with Gasteiger partial charge in [0.1, 0.15) is 11.5 Å². The lowest BCUT2D eigenvalue weighted by molar-refractivity contribution is 0.140. The lowest BCUT2D eigenvalue weighted by Crippen LogP contribution is -2.32. The van der Waals surface area contributed by atoms with Gasteiger partial charge in [0.2, 0.25) is 0 Å². The Morgan fingerprint density at radius 1 is 1.23 bits per heavy atom. The minimum Gasteiger partial charge on any atom is -0.458 e. The topological polar surface area (TPSA) is 74.1 Å². The van der Waals surface area contributed by atoms with E-state index in [1.165, 1.54) is 5.56 Å². The lowest BCUT2D eigenvalue weighted by atomic mass is 10.1. The molecule has 0 unspecified atom stereocenters. The number of aliphatic hydroxyl groups is 1. The van der Waals surface area contributed by atoms with Crippen LogP contribution in [0.3, 0.4) is 0 Å². The Morgan fingerprint density at radius 3 is 2.95 bits per heavy atom. The first-order chi connectivity index (χ1) is 10.8. The van der Waals surface area contributed by atoms with E-state index in [9.17, 15) is 5.11 Å². The van der Waals surface area contributed by atoms with Crippen molar-refractivity contribution in [2.24, 2.45) is 0 Å². The van der Waals surface area contributed by atoms with E-state index < -0.39 is 6.10 Å². The highest BCUT2D eigenvalue weighted by atomic mass is 16.3. The van der Waals surface area contributed by atoms with Crippen molar-refractivity contribution in [3.8, 4) is 11.5 Å². The van der Waals surface area contributed by atoms with Gasteiger partial charge < -0.3 is 14.8 Å². The molecule has 22 heavy (non-hydrogen) atoms. The largest absolute Gasteiger partial charge is 0.458 e. The van der Waals surface area contributed by atoms with Crippen LogP contribution in [0.1, 0.15) is 23.0 Å². The van der Waals surface area contributed by atoms with Crippen LogP contribution in [-0.2, 0) is 13.0 Å². The molecule has 0 aliphatic heterocycles. The molecule has 3 aromatic rings. The summed E-state index contributed by atoms with van der Waals surface area (Å²) < 4.78 is 5.78. The molecule has 0 amide bonds. The maximum absolute atomic E-state index is 10.4. The summed E-state index contributed by atoms with van der Waals surface area (Å²) in [7, 11) is 0. The molecule has 0 fully saturated rings. The monoisotopic (exact) mass is 295 g/mol. The molecular formula is C17H17N3O2. The van der Waals surface area contributed by atoms with Crippen LogP contribution in [-0.4, -0.2) is 21.3 Å². The fourth-order valence-electron chi connectivity index (χ4n) is 3.00. The van der Waals surface area contributed by atoms with Crippen LogP contribution < -0.4 is 5.32 Å². The molecule has 0 bridgehead atoms. The summed E-state index contributed by atoms with van der Waals surface area (Å²) in [6.45, 7) is 0.587. The number of aliphatic hydroxyl groups excluding tert-OH is 1. The van der Waals surface area contributed by atoms with Crippen LogP contribution in [0.25, 0.3) is 11.5 Å². The molecule has 112 valence electrons. The van der Waals surface area contributed by atoms with Gasteiger partial charge in [-0.3, -0.25) is 5.10 Å². The number of fused-ring (bicyclic) bond motifs is 1. The number of aromatic nitrogens is 2. The second-order valence-electron chi connectivity index (χ2n) is 5.57. The quantitative estimate of drug-likeness (QED) is 0.691. The van der Waals surface area contributed by atoms with Gasteiger partial charge in [0.15, 0.2) is 5.76 Å². The van der Waals surface area contributed by atoms with E-state index in [1.54, 1.807) is 6.20 Å². The Morgan fingerprint density at radius 2 is 2.14 bits per heavy atom. The minimum atomic E-state index is -0.460. The Balaban J connectivity index is 1.42. The van der Waals surface area contributed by atoms with E-state index in [2.05, 4.69) is 21.6 Å². The number of nitrogens with zero attached hydrogens (tertiary/aromatic N) is 1. The molecule has 2 atom stereocenters. The number of hydrogen-bond donors (Lipinski definition) is 3. The van der Waals surface area contributed by atoms with Crippen molar-refractivity contribution in [3.63, 3.8) is 0 Å². The maximum atomic E-state index is 10.4. The molecule has 3 N–H and O–H groups in total. The fourth-order valence-corrected chi connectivity index (χ4v) is 3.00. The third-order valence-corrected chi connectivity index (χ3v) is 4.16. The summed E-state index contributed by atoms with van der Waals surface area (Å²) in [5, 5.41) is 20.5. The summed E-state index contributed by atoms with van der Waals surface area (Å²) in [5.74, 6) is 1.61. The number of benzene rings is 1. The third kappa shape index (κ3) is 2.34. The average molecular weight is 295 g/mol. The van der Waals surface area contributed by atoms with Gasteiger partial charge in [0, 0.05) is 12.2 Å². The molecule has 0 radical (unpaired) electrons. The van der Waals surface area contributed by atoms with Crippen LogP contribution in [0, 0.1) is 0 Å². The van der Waals surface area contributed by atoms with E-state index in [-0.39, 0.29) is 6.04 Å². The average Bonchev–Trinajstić information content (AvgIpc) is 3.26. The normalized spacial score (nSPS) is 20.2. The van der Waals surface area contributed by atoms with Gasteiger partial charge in [-0.05, 0) is 35.7 Å². The molecule has 2 aromatic heterocycles.